The molecule has 0 aromatic heterocycles. The van der Waals surface area contributed by atoms with Crippen LogP contribution in [0.5, 0.6) is 0 Å². The van der Waals surface area contributed by atoms with Crippen LogP contribution in [0.15, 0.2) is 48.5 Å². The van der Waals surface area contributed by atoms with Crippen molar-refractivity contribution >= 4 is 29.3 Å². The van der Waals surface area contributed by atoms with Gasteiger partial charge < -0.3 is 10.4 Å². The molecular weight excluding hydrogens is 318 g/mol. The summed E-state index contributed by atoms with van der Waals surface area (Å²) in [6, 6.07) is 15.2. The number of hydrogen-bond donors (Lipinski definition) is 2. The summed E-state index contributed by atoms with van der Waals surface area (Å²) in [6.45, 7) is 0.425. The Balaban J connectivity index is 1.73. The Morgan fingerprint density at radius 3 is 2.45 bits per heavy atom. The zero-order valence-electron chi connectivity index (χ0n) is 12.1. The van der Waals surface area contributed by atoms with Gasteiger partial charge in [0.05, 0.1) is 12.4 Å². The van der Waals surface area contributed by atoms with E-state index in [1.165, 1.54) is 0 Å². The summed E-state index contributed by atoms with van der Waals surface area (Å²) in [6.07, 6.45) is 0. The fraction of sp³-hybridized carbons (Fsp3) is 0.235. The molecular formula is C17H18ClNO2S. The minimum Gasteiger partial charge on any atom is -0.392 e. The van der Waals surface area contributed by atoms with Crippen molar-refractivity contribution in [3.63, 3.8) is 0 Å². The Kier molecular flexibility index (Phi) is 6.77. The van der Waals surface area contributed by atoms with Crippen LogP contribution in [-0.4, -0.2) is 16.8 Å². The highest BCUT2D eigenvalue weighted by molar-refractivity contribution is 7.99. The Hall–Kier alpha value is -1.49. The maximum Gasteiger partial charge on any atom is 0.230 e. The lowest BCUT2D eigenvalue weighted by atomic mass is 10.1. The first kappa shape index (κ1) is 16.9. The van der Waals surface area contributed by atoms with Crippen LogP contribution in [0.25, 0.3) is 0 Å². The number of carbonyl (C=O) groups is 1. The molecule has 0 unspecified atom stereocenters. The van der Waals surface area contributed by atoms with Crippen LogP contribution in [0.1, 0.15) is 16.7 Å². The molecule has 2 rings (SSSR count). The molecule has 3 nitrogen and oxygen atoms in total. The largest absolute Gasteiger partial charge is 0.392 e. The number of halogens is 1. The van der Waals surface area contributed by atoms with Gasteiger partial charge in [-0.1, -0.05) is 48.0 Å². The van der Waals surface area contributed by atoms with Gasteiger partial charge >= 0.3 is 0 Å². The second-order valence-electron chi connectivity index (χ2n) is 4.82. The average molecular weight is 336 g/mol. The zero-order chi connectivity index (χ0) is 15.8. The van der Waals surface area contributed by atoms with Gasteiger partial charge in [0, 0.05) is 17.3 Å². The quantitative estimate of drug-likeness (QED) is 0.815. The molecule has 0 aliphatic heterocycles. The standard InChI is InChI=1S/C17H18ClNO2S/c18-16-7-5-13(6-8-16)11-22-12-17(21)19-9-14-3-1-2-4-15(14)10-20/h1-8,20H,9-12H2,(H,19,21). The van der Waals surface area contributed by atoms with E-state index in [-0.39, 0.29) is 12.5 Å². The lowest BCUT2D eigenvalue weighted by Gasteiger charge is -2.09. The van der Waals surface area contributed by atoms with E-state index in [0.29, 0.717) is 17.3 Å². The van der Waals surface area contributed by atoms with E-state index in [1.807, 2.05) is 48.5 Å². The maximum atomic E-state index is 11.8. The Morgan fingerprint density at radius 2 is 1.77 bits per heavy atom. The van der Waals surface area contributed by atoms with Gasteiger partial charge in [0.15, 0.2) is 0 Å². The van der Waals surface area contributed by atoms with E-state index in [2.05, 4.69) is 5.32 Å². The molecule has 2 aromatic rings. The molecule has 2 N–H and O–H groups in total. The smallest absolute Gasteiger partial charge is 0.230 e. The second kappa shape index (κ2) is 8.83. The zero-order valence-corrected chi connectivity index (χ0v) is 13.7. The summed E-state index contributed by atoms with van der Waals surface area (Å²) < 4.78 is 0. The van der Waals surface area contributed by atoms with Crippen LogP contribution in [0, 0.1) is 0 Å². The second-order valence-corrected chi connectivity index (χ2v) is 6.24. The van der Waals surface area contributed by atoms with Crippen molar-refractivity contribution in [2.24, 2.45) is 0 Å². The summed E-state index contributed by atoms with van der Waals surface area (Å²) in [4.78, 5) is 11.8. The maximum absolute atomic E-state index is 11.8. The normalized spacial score (nSPS) is 10.5. The predicted octanol–water partition coefficient (Wildman–Crippen LogP) is 3.38. The van der Waals surface area contributed by atoms with Crippen LogP contribution in [0.2, 0.25) is 5.02 Å². The lowest BCUT2D eigenvalue weighted by molar-refractivity contribution is -0.118. The van der Waals surface area contributed by atoms with E-state index in [9.17, 15) is 9.90 Å². The third kappa shape index (κ3) is 5.37. The van der Waals surface area contributed by atoms with E-state index >= 15 is 0 Å². The third-order valence-corrected chi connectivity index (χ3v) is 4.44. The molecule has 0 radical (unpaired) electrons. The van der Waals surface area contributed by atoms with Crippen LogP contribution in [0.3, 0.4) is 0 Å². The Bertz CT molecular complexity index is 616. The molecule has 0 bridgehead atoms. The molecule has 0 fully saturated rings. The molecule has 2 aromatic carbocycles. The molecule has 0 heterocycles. The first-order chi connectivity index (χ1) is 10.7. The Morgan fingerprint density at radius 1 is 1.09 bits per heavy atom. The van der Waals surface area contributed by atoms with E-state index in [4.69, 9.17) is 11.6 Å². The molecule has 0 spiro atoms. The molecule has 0 saturated heterocycles. The summed E-state index contributed by atoms with van der Waals surface area (Å²) in [5, 5.41) is 12.8. The highest BCUT2D eigenvalue weighted by atomic mass is 35.5. The van der Waals surface area contributed by atoms with Crippen molar-refractivity contribution in [3.8, 4) is 0 Å². The van der Waals surface area contributed by atoms with Crippen molar-refractivity contribution in [2.75, 3.05) is 5.75 Å². The van der Waals surface area contributed by atoms with Crippen molar-refractivity contribution in [1.82, 2.24) is 5.32 Å². The van der Waals surface area contributed by atoms with Crippen molar-refractivity contribution < 1.29 is 9.90 Å². The number of aliphatic hydroxyl groups is 1. The van der Waals surface area contributed by atoms with Gasteiger partial charge in [0.2, 0.25) is 5.91 Å². The first-order valence-electron chi connectivity index (χ1n) is 6.95. The van der Waals surface area contributed by atoms with Gasteiger partial charge in [-0.25, -0.2) is 0 Å². The molecule has 116 valence electrons. The molecule has 0 saturated carbocycles. The van der Waals surface area contributed by atoms with Crippen LogP contribution in [0.4, 0.5) is 0 Å². The SMILES string of the molecule is O=C(CSCc1ccc(Cl)cc1)NCc1ccccc1CO. The van der Waals surface area contributed by atoms with Crippen LogP contribution >= 0.6 is 23.4 Å². The molecule has 0 aliphatic carbocycles. The highest BCUT2D eigenvalue weighted by Gasteiger charge is 2.05. The summed E-state index contributed by atoms with van der Waals surface area (Å²) in [5.74, 6) is 1.17. The summed E-state index contributed by atoms with van der Waals surface area (Å²) in [7, 11) is 0. The minimum atomic E-state index is -0.0165. The molecule has 5 heteroatoms. The van der Waals surface area contributed by atoms with E-state index in [0.717, 1.165) is 22.4 Å². The van der Waals surface area contributed by atoms with Gasteiger partial charge in [-0.05, 0) is 28.8 Å². The molecule has 0 atom stereocenters. The van der Waals surface area contributed by atoms with E-state index in [1.54, 1.807) is 11.8 Å². The number of hydrogen-bond acceptors (Lipinski definition) is 3. The number of thioether (sulfide) groups is 1. The lowest BCUT2D eigenvalue weighted by Crippen LogP contribution is -2.25. The van der Waals surface area contributed by atoms with Gasteiger partial charge in [-0.2, -0.15) is 0 Å². The summed E-state index contributed by atoms with van der Waals surface area (Å²) >= 11 is 7.39. The topological polar surface area (TPSA) is 49.3 Å². The third-order valence-electron chi connectivity index (χ3n) is 3.18. The van der Waals surface area contributed by atoms with Crippen molar-refractivity contribution in [1.29, 1.82) is 0 Å². The molecule has 1 amide bonds. The number of amides is 1. The number of nitrogens with one attached hydrogen (secondary N) is 1. The molecule has 22 heavy (non-hydrogen) atoms. The number of carbonyl (C=O) groups excluding carboxylic acids is 1. The monoisotopic (exact) mass is 335 g/mol. The van der Waals surface area contributed by atoms with Crippen LogP contribution < -0.4 is 5.32 Å². The predicted molar refractivity (Wildman–Crippen MR) is 91.8 cm³/mol. The fourth-order valence-electron chi connectivity index (χ4n) is 1.97. The number of aliphatic hydroxyl groups excluding tert-OH is 1. The average Bonchev–Trinajstić information content (AvgIpc) is 2.55. The van der Waals surface area contributed by atoms with Gasteiger partial charge in [-0.3, -0.25) is 4.79 Å². The Labute approximate surface area is 139 Å². The van der Waals surface area contributed by atoms with Crippen molar-refractivity contribution in [3.05, 3.63) is 70.2 Å². The van der Waals surface area contributed by atoms with Gasteiger partial charge in [-0.15, -0.1) is 11.8 Å². The number of benzene rings is 2. The first-order valence-corrected chi connectivity index (χ1v) is 8.49. The number of rotatable bonds is 7. The van der Waals surface area contributed by atoms with Gasteiger partial charge in [0.25, 0.3) is 0 Å². The minimum absolute atomic E-state index is 0.00768. The highest BCUT2D eigenvalue weighted by Crippen LogP contribution is 2.15. The molecule has 0 aliphatic rings. The fourth-order valence-corrected chi connectivity index (χ4v) is 2.91. The van der Waals surface area contributed by atoms with Crippen LogP contribution in [-0.2, 0) is 23.7 Å². The van der Waals surface area contributed by atoms with E-state index < -0.39 is 0 Å². The summed E-state index contributed by atoms with van der Waals surface area (Å²) in [5.41, 5.74) is 2.94. The van der Waals surface area contributed by atoms with Gasteiger partial charge in [0.1, 0.15) is 0 Å². The van der Waals surface area contributed by atoms with Crippen molar-refractivity contribution in [2.45, 2.75) is 18.9 Å².